The first-order valence-electron chi connectivity index (χ1n) is 7.89. The maximum absolute atomic E-state index is 12.0. The molecule has 0 radical (unpaired) electrons. The zero-order chi connectivity index (χ0) is 15.9. The fourth-order valence-electron chi connectivity index (χ4n) is 2.80. The summed E-state index contributed by atoms with van der Waals surface area (Å²) in [5.41, 5.74) is 6.54. The molecular formula is C17H25N3O2. The second-order valence-corrected chi connectivity index (χ2v) is 6.07. The molecule has 1 fully saturated rings. The number of likely N-dealkylation sites (tertiary alicyclic amines) is 1. The van der Waals surface area contributed by atoms with Crippen LogP contribution in [0.15, 0.2) is 30.3 Å². The van der Waals surface area contributed by atoms with E-state index in [0.717, 1.165) is 25.9 Å². The van der Waals surface area contributed by atoms with E-state index in [1.165, 1.54) is 5.56 Å². The third-order valence-corrected chi connectivity index (χ3v) is 4.33. The van der Waals surface area contributed by atoms with E-state index in [0.29, 0.717) is 19.0 Å². The molecule has 0 spiro atoms. The highest BCUT2D eigenvalue weighted by Crippen LogP contribution is 2.16. The van der Waals surface area contributed by atoms with Crippen LogP contribution in [0.25, 0.3) is 0 Å². The number of nitrogens with zero attached hydrogens (tertiary/aromatic N) is 1. The van der Waals surface area contributed by atoms with Gasteiger partial charge in [0.1, 0.15) is 0 Å². The first-order chi connectivity index (χ1) is 10.6. The summed E-state index contributed by atoms with van der Waals surface area (Å²) in [6.07, 6.45) is 1.51. The summed E-state index contributed by atoms with van der Waals surface area (Å²) >= 11 is 0. The van der Waals surface area contributed by atoms with Crippen LogP contribution in [0.3, 0.4) is 0 Å². The minimum absolute atomic E-state index is 0.0302. The lowest BCUT2D eigenvalue weighted by atomic mass is 9.96. The van der Waals surface area contributed by atoms with Gasteiger partial charge >= 0.3 is 0 Å². The number of hydrogen-bond acceptors (Lipinski definition) is 3. The van der Waals surface area contributed by atoms with Gasteiger partial charge in [-0.05, 0) is 37.4 Å². The molecule has 0 unspecified atom stereocenters. The highest BCUT2D eigenvalue weighted by Gasteiger charge is 2.24. The Morgan fingerprint density at radius 1 is 1.27 bits per heavy atom. The SMILES string of the molecule is C[C@@H](CNC(=O)CN1CCC(C(N)=O)CC1)c1ccccc1. The lowest BCUT2D eigenvalue weighted by Gasteiger charge is -2.29. The summed E-state index contributed by atoms with van der Waals surface area (Å²) in [5.74, 6) is 0.0873. The van der Waals surface area contributed by atoms with E-state index >= 15 is 0 Å². The molecule has 2 rings (SSSR count). The van der Waals surface area contributed by atoms with Gasteiger partial charge in [-0.25, -0.2) is 0 Å². The van der Waals surface area contributed by atoms with Crippen molar-refractivity contribution in [2.75, 3.05) is 26.2 Å². The molecule has 1 aliphatic heterocycles. The maximum atomic E-state index is 12.0. The summed E-state index contributed by atoms with van der Waals surface area (Å²) < 4.78 is 0. The zero-order valence-electron chi connectivity index (χ0n) is 13.1. The van der Waals surface area contributed by atoms with Crippen LogP contribution in [0.1, 0.15) is 31.2 Å². The average molecular weight is 303 g/mol. The van der Waals surface area contributed by atoms with Crippen molar-refractivity contribution in [2.24, 2.45) is 11.7 Å². The summed E-state index contributed by atoms with van der Waals surface area (Å²) in [6, 6.07) is 10.2. The lowest BCUT2D eigenvalue weighted by Crippen LogP contribution is -2.44. The van der Waals surface area contributed by atoms with Crippen LogP contribution < -0.4 is 11.1 Å². The van der Waals surface area contributed by atoms with E-state index in [-0.39, 0.29) is 17.7 Å². The molecular weight excluding hydrogens is 278 g/mol. The fourth-order valence-corrected chi connectivity index (χ4v) is 2.80. The minimum Gasteiger partial charge on any atom is -0.369 e. The van der Waals surface area contributed by atoms with Crippen LogP contribution in [0.4, 0.5) is 0 Å². The molecule has 0 aliphatic carbocycles. The first-order valence-corrected chi connectivity index (χ1v) is 7.89. The smallest absolute Gasteiger partial charge is 0.234 e. The number of rotatable bonds is 6. The Morgan fingerprint density at radius 2 is 1.91 bits per heavy atom. The molecule has 0 aromatic heterocycles. The molecule has 5 nitrogen and oxygen atoms in total. The summed E-state index contributed by atoms with van der Waals surface area (Å²) in [4.78, 5) is 25.2. The van der Waals surface area contributed by atoms with E-state index in [2.05, 4.69) is 29.3 Å². The number of hydrogen-bond donors (Lipinski definition) is 2. The number of nitrogens with one attached hydrogen (secondary N) is 1. The summed E-state index contributed by atoms with van der Waals surface area (Å²) in [7, 11) is 0. The van der Waals surface area contributed by atoms with Crippen LogP contribution in [0.2, 0.25) is 0 Å². The van der Waals surface area contributed by atoms with E-state index in [1.807, 2.05) is 18.2 Å². The van der Waals surface area contributed by atoms with Crippen molar-refractivity contribution in [1.29, 1.82) is 0 Å². The van der Waals surface area contributed by atoms with E-state index in [9.17, 15) is 9.59 Å². The first kappa shape index (κ1) is 16.5. The Kier molecular flexibility index (Phi) is 5.95. The van der Waals surface area contributed by atoms with Crippen molar-refractivity contribution in [2.45, 2.75) is 25.7 Å². The van der Waals surface area contributed by atoms with Crippen LogP contribution in [-0.4, -0.2) is 42.9 Å². The van der Waals surface area contributed by atoms with Gasteiger partial charge < -0.3 is 11.1 Å². The van der Waals surface area contributed by atoms with Gasteiger partial charge in [0.15, 0.2) is 0 Å². The Bertz CT molecular complexity index is 496. The molecule has 22 heavy (non-hydrogen) atoms. The summed E-state index contributed by atoms with van der Waals surface area (Å²) in [6.45, 7) is 4.66. The number of carbonyl (C=O) groups excluding carboxylic acids is 2. The fraction of sp³-hybridized carbons (Fsp3) is 0.529. The van der Waals surface area contributed by atoms with E-state index in [4.69, 9.17) is 5.73 Å². The molecule has 120 valence electrons. The van der Waals surface area contributed by atoms with E-state index < -0.39 is 0 Å². The van der Waals surface area contributed by atoms with Gasteiger partial charge in [-0.1, -0.05) is 37.3 Å². The van der Waals surface area contributed by atoms with Crippen LogP contribution in [-0.2, 0) is 9.59 Å². The molecule has 1 aromatic carbocycles. The van der Waals surface area contributed by atoms with Gasteiger partial charge in [-0.2, -0.15) is 0 Å². The van der Waals surface area contributed by atoms with Crippen LogP contribution in [0.5, 0.6) is 0 Å². The van der Waals surface area contributed by atoms with Crippen molar-refractivity contribution in [3.05, 3.63) is 35.9 Å². The van der Waals surface area contributed by atoms with Gasteiger partial charge in [0, 0.05) is 12.5 Å². The van der Waals surface area contributed by atoms with Crippen molar-refractivity contribution in [3.63, 3.8) is 0 Å². The highest BCUT2D eigenvalue weighted by atomic mass is 16.2. The average Bonchev–Trinajstić information content (AvgIpc) is 2.54. The largest absolute Gasteiger partial charge is 0.369 e. The monoisotopic (exact) mass is 303 g/mol. The molecule has 0 bridgehead atoms. The highest BCUT2D eigenvalue weighted by molar-refractivity contribution is 5.78. The van der Waals surface area contributed by atoms with Crippen molar-refractivity contribution >= 4 is 11.8 Å². The molecule has 1 aromatic rings. The molecule has 3 N–H and O–H groups in total. The minimum atomic E-state index is -0.221. The van der Waals surface area contributed by atoms with Crippen LogP contribution >= 0.6 is 0 Å². The Hall–Kier alpha value is -1.88. The van der Waals surface area contributed by atoms with Gasteiger partial charge in [-0.15, -0.1) is 0 Å². The third-order valence-electron chi connectivity index (χ3n) is 4.33. The zero-order valence-corrected chi connectivity index (χ0v) is 13.1. The molecule has 5 heteroatoms. The van der Waals surface area contributed by atoms with Gasteiger partial charge in [0.05, 0.1) is 6.54 Å². The van der Waals surface area contributed by atoms with E-state index in [1.54, 1.807) is 0 Å². The quantitative estimate of drug-likeness (QED) is 0.826. The molecule has 1 heterocycles. The topological polar surface area (TPSA) is 75.4 Å². The molecule has 1 atom stereocenters. The molecule has 2 amide bonds. The van der Waals surface area contributed by atoms with Crippen molar-refractivity contribution in [1.82, 2.24) is 10.2 Å². The Balaban J connectivity index is 1.69. The second kappa shape index (κ2) is 7.94. The third kappa shape index (κ3) is 4.84. The maximum Gasteiger partial charge on any atom is 0.234 e. The molecule has 1 aliphatic rings. The summed E-state index contributed by atoms with van der Waals surface area (Å²) in [5, 5.41) is 2.99. The predicted molar refractivity (Wildman–Crippen MR) is 86.2 cm³/mol. The Morgan fingerprint density at radius 3 is 2.50 bits per heavy atom. The number of benzene rings is 1. The number of amides is 2. The van der Waals surface area contributed by atoms with Crippen molar-refractivity contribution in [3.8, 4) is 0 Å². The predicted octanol–water partition coefficient (Wildman–Crippen LogP) is 1.10. The molecule has 1 saturated heterocycles. The molecule has 0 saturated carbocycles. The standard InChI is InChI=1S/C17H25N3O2/c1-13(14-5-3-2-4-6-14)11-19-16(21)12-20-9-7-15(8-10-20)17(18)22/h2-6,13,15H,7-12H2,1H3,(H2,18,22)(H,19,21)/t13-/m0/s1. The Labute approximate surface area is 131 Å². The lowest BCUT2D eigenvalue weighted by molar-refractivity contribution is -0.124. The second-order valence-electron chi connectivity index (χ2n) is 6.07. The number of primary amides is 1. The van der Waals surface area contributed by atoms with Gasteiger partial charge in [-0.3, -0.25) is 14.5 Å². The number of nitrogens with two attached hydrogens (primary N) is 1. The normalized spacial score (nSPS) is 17.9. The van der Waals surface area contributed by atoms with Crippen LogP contribution in [0, 0.1) is 5.92 Å². The number of piperidine rings is 1. The van der Waals surface area contributed by atoms with Gasteiger partial charge in [0.2, 0.25) is 11.8 Å². The van der Waals surface area contributed by atoms with Gasteiger partial charge in [0.25, 0.3) is 0 Å². The number of carbonyl (C=O) groups is 2. The van der Waals surface area contributed by atoms with Crippen molar-refractivity contribution < 1.29 is 9.59 Å².